The smallest absolute Gasteiger partial charge is 0.312 e. The molecule has 79 heavy (non-hydrogen) atoms. The molecular formula is C58H70FN5O15. The number of phenolic OH excluding ortho intramolecular Hbond substituents is 3. The number of aliphatic hydroxyl groups is 3. The normalized spacial score (nSPS) is 28.6. The Hall–Kier alpha value is -7.62. The number of allylic oxidation sites excluding steroid dienone is 2. The molecule has 5 bridgehead atoms. The van der Waals surface area contributed by atoms with Gasteiger partial charge in [-0.15, -0.1) is 0 Å². The van der Waals surface area contributed by atoms with Crippen LogP contribution in [0.1, 0.15) is 101 Å². The highest BCUT2D eigenvalue weighted by Crippen LogP contribution is 2.55. The average molecular weight is 1100 g/mol. The molecule has 7 N–H and O–H groups in total. The number of nitrogens with one attached hydrogen (secondary N) is 1. The number of aromatic nitrogens is 1. The molecule has 1 aromatic heterocycles. The van der Waals surface area contributed by atoms with Crippen molar-refractivity contribution in [1.29, 1.82) is 0 Å². The Balaban J connectivity index is 1.21. The summed E-state index contributed by atoms with van der Waals surface area (Å²) in [5.41, 5.74) is -1.00. The Morgan fingerprint density at radius 3 is 2.28 bits per heavy atom. The van der Waals surface area contributed by atoms with Crippen molar-refractivity contribution in [3.05, 3.63) is 93.3 Å². The number of ketones is 1. The number of phenols is 3. The molecule has 10 atom stereocenters. The van der Waals surface area contributed by atoms with Gasteiger partial charge in [0.15, 0.2) is 17.3 Å². The van der Waals surface area contributed by atoms with Crippen molar-refractivity contribution in [2.75, 3.05) is 44.1 Å². The van der Waals surface area contributed by atoms with Crippen LogP contribution in [-0.4, -0.2) is 134 Å². The Morgan fingerprint density at radius 1 is 0.962 bits per heavy atom. The van der Waals surface area contributed by atoms with E-state index in [1.807, 2.05) is 11.5 Å². The van der Waals surface area contributed by atoms with Crippen LogP contribution in [0.2, 0.25) is 0 Å². The summed E-state index contributed by atoms with van der Waals surface area (Å²) >= 11 is 0. The molecule has 21 heteroatoms. The largest absolute Gasteiger partial charge is 0.508 e. The SMILES string of the molecule is C=C(O)c1cn(C2CC2)c2c(OC)c(N3CCN(/N=C/c4c5c(O)c6c(O)c(C)c7c(c6c4O)C(=O)[C@@](C)(O/C=C/[C@H](OC)[C@@H](C)[C@@H](OC(C)=O)[C@H](C)[C@H](O)[C@H](C)[C@@H](O)[C@@H](C)/C=C/C=C(/C)C(=O)N5)O7)C(C)C3)c(F)cc2c1=O. The van der Waals surface area contributed by atoms with Crippen LogP contribution in [0.25, 0.3) is 27.4 Å². The van der Waals surface area contributed by atoms with Gasteiger partial charge in [-0.3, -0.25) is 24.2 Å². The summed E-state index contributed by atoms with van der Waals surface area (Å²) in [6.45, 7) is 18.1. The van der Waals surface area contributed by atoms with Gasteiger partial charge in [-0.05, 0) is 45.8 Å². The second-order valence-electron chi connectivity index (χ2n) is 21.4. The lowest BCUT2D eigenvalue weighted by Gasteiger charge is -2.40. The minimum atomic E-state index is -2.14. The predicted octanol–water partition coefficient (Wildman–Crippen LogP) is 7.62. The number of piperazine rings is 1. The first kappa shape index (κ1) is 57.6. The van der Waals surface area contributed by atoms with E-state index in [2.05, 4.69) is 11.9 Å². The summed E-state index contributed by atoms with van der Waals surface area (Å²) in [6.07, 6.45) is 7.48. The number of esters is 1. The van der Waals surface area contributed by atoms with Gasteiger partial charge in [0.2, 0.25) is 5.43 Å². The minimum absolute atomic E-state index is 0.00849. The van der Waals surface area contributed by atoms with Gasteiger partial charge in [0.05, 0.1) is 89.2 Å². The maximum Gasteiger partial charge on any atom is 0.312 e. The van der Waals surface area contributed by atoms with Crippen LogP contribution in [0.15, 0.2) is 64.9 Å². The molecule has 1 amide bonds. The first-order chi connectivity index (χ1) is 37.3. The third kappa shape index (κ3) is 10.5. The highest BCUT2D eigenvalue weighted by Gasteiger charge is 2.50. The lowest BCUT2D eigenvalue weighted by molar-refractivity contribution is -0.160. The number of hydrogen-bond donors (Lipinski definition) is 7. The van der Waals surface area contributed by atoms with Gasteiger partial charge in [0, 0.05) is 86.5 Å². The molecule has 4 aliphatic heterocycles. The van der Waals surface area contributed by atoms with Crippen molar-refractivity contribution in [2.45, 2.75) is 117 Å². The van der Waals surface area contributed by atoms with Crippen molar-refractivity contribution in [3.63, 3.8) is 0 Å². The number of pyridine rings is 1. The molecule has 9 rings (SSSR count). The summed E-state index contributed by atoms with van der Waals surface area (Å²) in [6, 6.07) is 0.646. The number of halogens is 1. The van der Waals surface area contributed by atoms with Crippen LogP contribution in [0.3, 0.4) is 0 Å². The number of aromatic hydroxyl groups is 3. The van der Waals surface area contributed by atoms with E-state index < -0.39 is 117 Å². The summed E-state index contributed by atoms with van der Waals surface area (Å²) in [4.78, 5) is 56.7. The van der Waals surface area contributed by atoms with Gasteiger partial charge in [-0.2, -0.15) is 5.10 Å². The molecule has 3 aromatic carbocycles. The molecule has 4 aromatic rings. The fourth-order valence-electron chi connectivity index (χ4n) is 11.1. The number of Topliss-reactive ketones (excluding diaryl/α,β-unsaturated/α-hetero) is 1. The monoisotopic (exact) mass is 1100 g/mol. The molecule has 1 unspecified atom stereocenters. The highest BCUT2D eigenvalue weighted by molar-refractivity contribution is 6.24. The number of carbonyl (C=O) groups is 3. The van der Waals surface area contributed by atoms with Gasteiger partial charge < -0.3 is 69.1 Å². The van der Waals surface area contributed by atoms with Gasteiger partial charge in [-0.1, -0.05) is 52.5 Å². The Bertz CT molecular complexity index is 3330. The molecule has 5 aliphatic rings. The number of methoxy groups -OCH3 is 2. The van der Waals surface area contributed by atoms with Gasteiger partial charge in [0.25, 0.3) is 11.7 Å². The number of fused-ring (bicyclic) bond motifs is 15. The molecular weight excluding hydrogens is 1030 g/mol. The van der Waals surface area contributed by atoms with E-state index >= 15 is 4.39 Å². The van der Waals surface area contributed by atoms with Crippen LogP contribution < -0.4 is 25.1 Å². The van der Waals surface area contributed by atoms with Crippen LogP contribution in [0, 0.1) is 36.4 Å². The summed E-state index contributed by atoms with van der Waals surface area (Å²) in [5, 5.41) is 78.3. The van der Waals surface area contributed by atoms with Crippen LogP contribution in [-0.2, 0) is 23.8 Å². The summed E-state index contributed by atoms with van der Waals surface area (Å²) in [5.74, 6) is -10.3. The van der Waals surface area contributed by atoms with E-state index in [0.29, 0.717) is 5.52 Å². The van der Waals surface area contributed by atoms with Crippen molar-refractivity contribution >= 4 is 62.7 Å². The van der Waals surface area contributed by atoms with E-state index in [0.717, 1.165) is 18.9 Å². The third-order valence-electron chi connectivity index (χ3n) is 15.9. The fourth-order valence-corrected chi connectivity index (χ4v) is 11.1. The molecule has 1 aliphatic carbocycles. The maximum absolute atomic E-state index is 16.4. The van der Waals surface area contributed by atoms with Crippen molar-refractivity contribution in [2.24, 2.45) is 28.8 Å². The molecule has 1 saturated heterocycles. The molecule has 424 valence electrons. The second-order valence-corrected chi connectivity index (χ2v) is 21.4. The third-order valence-corrected chi connectivity index (χ3v) is 15.9. The Labute approximate surface area is 456 Å². The zero-order chi connectivity index (χ0) is 57.8. The van der Waals surface area contributed by atoms with Crippen LogP contribution in [0.4, 0.5) is 15.8 Å². The molecule has 5 heterocycles. The number of hydrazone groups is 1. The zero-order valence-corrected chi connectivity index (χ0v) is 46.2. The van der Waals surface area contributed by atoms with E-state index in [9.17, 15) is 49.8 Å². The first-order valence-electron chi connectivity index (χ1n) is 26.2. The number of nitrogens with zero attached hydrogens (tertiary/aromatic N) is 4. The quantitative estimate of drug-likeness (QED) is 0.0294. The molecule has 2 fully saturated rings. The second kappa shape index (κ2) is 22.3. The van der Waals surface area contributed by atoms with Gasteiger partial charge in [0.1, 0.15) is 34.8 Å². The number of anilines is 2. The molecule has 1 saturated carbocycles. The average Bonchev–Trinajstić information content (AvgIpc) is 4.43. The van der Waals surface area contributed by atoms with Gasteiger partial charge >= 0.3 is 11.8 Å². The van der Waals surface area contributed by atoms with Crippen molar-refractivity contribution in [3.8, 4) is 28.7 Å². The van der Waals surface area contributed by atoms with Crippen LogP contribution >= 0.6 is 0 Å². The Kier molecular flexibility index (Phi) is 16.2. The summed E-state index contributed by atoms with van der Waals surface area (Å²) in [7, 11) is 2.81. The predicted molar refractivity (Wildman–Crippen MR) is 294 cm³/mol. The van der Waals surface area contributed by atoms with E-state index in [-0.39, 0.29) is 87.1 Å². The number of hydrogen-bond acceptors (Lipinski definition) is 18. The maximum atomic E-state index is 16.4. The van der Waals surface area contributed by atoms with Gasteiger partial charge in [-0.25, -0.2) is 4.39 Å². The zero-order valence-electron chi connectivity index (χ0n) is 46.2. The van der Waals surface area contributed by atoms with Crippen molar-refractivity contribution < 1.29 is 73.1 Å². The standard InChI is InChI=1S/C58H70FN5O15/c1-26-14-13-15-27(2)57(74)61-44-37(23-60-64-20-19-62(24-28(64)3)46-39(59)22-36-45(55(46)76-12)63(35-16-17-35)25-38(33(8)65)50(36)70)51(71)41-42(52(44)72)49(69)32(7)54-43(41)56(73)58(10,79-54)77-21-18-40(75-11)29(4)53(78-34(9)66)31(6)48(68)30(5)47(26)67/h13-15,18,21-23,25-26,28-31,35,40,47-48,53,65,67-69,71-72H,8,16-17,19-20,24H2,1-7,9-12H3,(H,61,74)/b14-13+,21-18+,27-15-,60-23+/t26-,28?,29+,30+,31+,40-,47-,48+,53+,58-/m0/s1. The molecule has 0 spiro atoms. The number of ether oxygens (including phenoxy) is 5. The Morgan fingerprint density at radius 2 is 1.66 bits per heavy atom. The highest BCUT2D eigenvalue weighted by atomic mass is 19.1. The number of amides is 1. The lowest BCUT2D eigenvalue weighted by atomic mass is 9.78. The lowest BCUT2D eigenvalue weighted by Crippen LogP contribution is -2.50. The number of aliphatic hydroxyl groups excluding tert-OH is 3. The first-order valence-corrected chi connectivity index (χ1v) is 26.2. The number of benzene rings is 3. The molecule has 20 nitrogen and oxygen atoms in total. The molecule has 0 radical (unpaired) electrons. The van der Waals surface area contributed by atoms with Crippen LogP contribution in [0.5, 0.6) is 28.7 Å². The topological polar surface area (TPSA) is 272 Å². The fraction of sp³-hybridized carbons (Fsp3) is 0.466. The summed E-state index contributed by atoms with van der Waals surface area (Å²) < 4.78 is 48.0. The minimum Gasteiger partial charge on any atom is -0.508 e. The van der Waals surface area contributed by atoms with E-state index in [4.69, 9.17) is 28.8 Å². The van der Waals surface area contributed by atoms with E-state index in [1.165, 1.54) is 72.7 Å². The van der Waals surface area contributed by atoms with E-state index in [1.54, 1.807) is 49.8 Å². The number of carbonyl (C=O) groups excluding carboxylic acids is 3. The van der Waals surface area contributed by atoms with Crippen molar-refractivity contribution in [1.82, 2.24) is 9.58 Å². The number of rotatable bonds is 8.